The first-order chi connectivity index (χ1) is 7.13. The SMILES string of the molecule is COC(=O)C#CC(O)c1ccc(F)cc1. The molecule has 0 radical (unpaired) electrons. The molecule has 1 atom stereocenters. The number of halogens is 1. The highest BCUT2D eigenvalue weighted by Gasteiger charge is 2.03. The van der Waals surface area contributed by atoms with Crippen LogP contribution in [0.1, 0.15) is 11.7 Å². The molecule has 0 heterocycles. The van der Waals surface area contributed by atoms with Gasteiger partial charge >= 0.3 is 5.97 Å². The fourth-order valence-corrected chi connectivity index (χ4v) is 0.907. The van der Waals surface area contributed by atoms with E-state index in [1.54, 1.807) is 0 Å². The first-order valence-corrected chi connectivity index (χ1v) is 4.16. The number of carbonyl (C=O) groups excluding carboxylic acids is 1. The summed E-state index contributed by atoms with van der Waals surface area (Å²) in [4.78, 5) is 10.6. The molecule has 0 aliphatic rings. The Morgan fingerprint density at radius 2 is 2.07 bits per heavy atom. The number of rotatable bonds is 1. The third-order valence-electron chi connectivity index (χ3n) is 1.68. The summed E-state index contributed by atoms with van der Waals surface area (Å²) in [6.07, 6.45) is -1.12. The third-order valence-corrected chi connectivity index (χ3v) is 1.68. The van der Waals surface area contributed by atoms with Crippen LogP contribution in [-0.2, 0) is 9.53 Å². The van der Waals surface area contributed by atoms with Gasteiger partial charge in [-0.1, -0.05) is 18.1 Å². The van der Waals surface area contributed by atoms with Gasteiger partial charge in [0.2, 0.25) is 0 Å². The Labute approximate surface area is 86.5 Å². The van der Waals surface area contributed by atoms with Crippen LogP contribution in [0.5, 0.6) is 0 Å². The number of aliphatic hydroxyl groups excluding tert-OH is 1. The molecule has 0 aromatic heterocycles. The van der Waals surface area contributed by atoms with Gasteiger partial charge in [-0.2, -0.15) is 0 Å². The summed E-state index contributed by atoms with van der Waals surface area (Å²) in [5, 5.41) is 9.45. The Bertz CT molecular complexity index is 400. The quantitative estimate of drug-likeness (QED) is 0.426. The lowest BCUT2D eigenvalue weighted by Crippen LogP contribution is -1.98. The van der Waals surface area contributed by atoms with Gasteiger partial charge in [0.05, 0.1) is 7.11 Å². The van der Waals surface area contributed by atoms with E-state index in [0.29, 0.717) is 5.56 Å². The zero-order chi connectivity index (χ0) is 11.3. The first-order valence-electron chi connectivity index (χ1n) is 4.16. The Balaban J connectivity index is 2.75. The summed E-state index contributed by atoms with van der Waals surface area (Å²) >= 11 is 0. The average molecular weight is 208 g/mol. The minimum atomic E-state index is -1.12. The maximum Gasteiger partial charge on any atom is 0.384 e. The molecule has 4 heteroatoms. The number of hydrogen-bond acceptors (Lipinski definition) is 3. The van der Waals surface area contributed by atoms with Crippen LogP contribution in [0.3, 0.4) is 0 Å². The van der Waals surface area contributed by atoms with Crippen molar-refractivity contribution in [2.75, 3.05) is 7.11 Å². The molecule has 0 fully saturated rings. The minimum Gasteiger partial charge on any atom is -0.459 e. The van der Waals surface area contributed by atoms with Gasteiger partial charge in [-0.15, -0.1) is 0 Å². The number of ether oxygens (including phenoxy) is 1. The zero-order valence-electron chi connectivity index (χ0n) is 8.03. The monoisotopic (exact) mass is 208 g/mol. The van der Waals surface area contributed by atoms with Crippen molar-refractivity contribution in [2.45, 2.75) is 6.10 Å². The molecule has 1 aromatic carbocycles. The molecule has 15 heavy (non-hydrogen) atoms. The van der Waals surface area contributed by atoms with E-state index in [1.807, 2.05) is 0 Å². The van der Waals surface area contributed by atoms with Crippen LogP contribution in [0, 0.1) is 17.7 Å². The van der Waals surface area contributed by atoms with Gasteiger partial charge in [-0.05, 0) is 17.7 Å². The molecule has 3 nitrogen and oxygen atoms in total. The maximum absolute atomic E-state index is 12.5. The van der Waals surface area contributed by atoms with Crippen LogP contribution in [0.2, 0.25) is 0 Å². The van der Waals surface area contributed by atoms with Crippen molar-refractivity contribution in [3.8, 4) is 11.8 Å². The molecule has 1 unspecified atom stereocenters. The molecule has 0 saturated carbocycles. The molecular weight excluding hydrogens is 199 g/mol. The van der Waals surface area contributed by atoms with Crippen LogP contribution in [-0.4, -0.2) is 18.2 Å². The van der Waals surface area contributed by atoms with Crippen molar-refractivity contribution in [3.63, 3.8) is 0 Å². The van der Waals surface area contributed by atoms with Gasteiger partial charge in [0.15, 0.2) is 0 Å². The molecule has 0 spiro atoms. The number of aliphatic hydroxyl groups is 1. The Morgan fingerprint density at radius 1 is 1.47 bits per heavy atom. The van der Waals surface area contributed by atoms with Crippen LogP contribution in [0.25, 0.3) is 0 Å². The van der Waals surface area contributed by atoms with E-state index in [4.69, 9.17) is 0 Å². The second-order valence-electron chi connectivity index (χ2n) is 2.72. The number of carbonyl (C=O) groups is 1. The van der Waals surface area contributed by atoms with Gasteiger partial charge in [0.1, 0.15) is 11.9 Å². The fraction of sp³-hybridized carbons (Fsp3) is 0.182. The number of benzene rings is 1. The Morgan fingerprint density at radius 3 is 2.60 bits per heavy atom. The van der Waals surface area contributed by atoms with Gasteiger partial charge in [-0.3, -0.25) is 0 Å². The highest BCUT2D eigenvalue weighted by atomic mass is 19.1. The molecule has 0 aliphatic carbocycles. The van der Waals surface area contributed by atoms with E-state index in [2.05, 4.69) is 16.6 Å². The lowest BCUT2D eigenvalue weighted by molar-refractivity contribution is -0.133. The normalized spacial score (nSPS) is 11.1. The molecule has 1 aromatic rings. The second kappa shape index (κ2) is 5.13. The zero-order valence-corrected chi connectivity index (χ0v) is 8.03. The molecule has 0 amide bonds. The number of hydrogen-bond donors (Lipinski definition) is 1. The predicted molar refractivity (Wildman–Crippen MR) is 51.2 cm³/mol. The van der Waals surface area contributed by atoms with E-state index < -0.39 is 17.9 Å². The largest absolute Gasteiger partial charge is 0.459 e. The highest BCUT2D eigenvalue weighted by Crippen LogP contribution is 2.11. The van der Waals surface area contributed by atoms with E-state index in [9.17, 15) is 14.3 Å². The van der Waals surface area contributed by atoms with E-state index in [-0.39, 0.29) is 0 Å². The topological polar surface area (TPSA) is 46.5 Å². The fourth-order valence-electron chi connectivity index (χ4n) is 0.907. The summed E-state index contributed by atoms with van der Waals surface area (Å²) in [5.74, 6) is 3.25. The van der Waals surface area contributed by atoms with Gasteiger partial charge in [0, 0.05) is 5.92 Å². The van der Waals surface area contributed by atoms with Crippen molar-refractivity contribution in [3.05, 3.63) is 35.6 Å². The number of esters is 1. The van der Waals surface area contributed by atoms with Crippen molar-refractivity contribution < 1.29 is 19.0 Å². The molecule has 0 bridgehead atoms. The molecular formula is C11H9FO3. The third kappa shape index (κ3) is 3.41. The summed E-state index contributed by atoms with van der Waals surface area (Å²) in [5.41, 5.74) is 0.424. The summed E-state index contributed by atoms with van der Waals surface area (Å²) < 4.78 is 16.8. The molecule has 0 aliphatic heterocycles. The highest BCUT2D eigenvalue weighted by molar-refractivity contribution is 5.88. The summed E-state index contributed by atoms with van der Waals surface area (Å²) in [7, 11) is 1.20. The van der Waals surface area contributed by atoms with Gasteiger partial charge in [-0.25, -0.2) is 9.18 Å². The maximum atomic E-state index is 12.5. The molecule has 0 saturated heterocycles. The smallest absolute Gasteiger partial charge is 0.384 e. The Hall–Kier alpha value is -1.86. The van der Waals surface area contributed by atoms with E-state index >= 15 is 0 Å². The van der Waals surface area contributed by atoms with Crippen LogP contribution in [0.15, 0.2) is 24.3 Å². The van der Waals surface area contributed by atoms with Crippen LogP contribution in [0.4, 0.5) is 4.39 Å². The van der Waals surface area contributed by atoms with Crippen LogP contribution < -0.4 is 0 Å². The van der Waals surface area contributed by atoms with Crippen molar-refractivity contribution in [1.29, 1.82) is 0 Å². The predicted octanol–water partition coefficient (Wildman–Crippen LogP) is 1.04. The second-order valence-corrected chi connectivity index (χ2v) is 2.72. The van der Waals surface area contributed by atoms with E-state index in [0.717, 1.165) is 0 Å². The van der Waals surface area contributed by atoms with Crippen molar-refractivity contribution >= 4 is 5.97 Å². The number of methoxy groups -OCH3 is 1. The van der Waals surface area contributed by atoms with Gasteiger partial charge in [0.25, 0.3) is 0 Å². The van der Waals surface area contributed by atoms with E-state index in [1.165, 1.54) is 31.4 Å². The summed E-state index contributed by atoms with van der Waals surface area (Å²) in [6, 6.07) is 5.20. The Kier molecular flexibility index (Phi) is 3.83. The average Bonchev–Trinajstić information content (AvgIpc) is 2.26. The lowest BCUT2D eigenvalue weighted by atomic mass is 10.1. The molecule has 78 valence electrons. The first kappa shape index (κ1) is 11.2. The molecule has 1 N–H and O–H groups in total. The lowest BCUT2D eigenvalue weighted by Gasteiger charge is -2.02. The van der Waals surface area contributed by atoms with Crippen molar-refractivity contribution in [1.82, 2.24) is 0 Å². The van der Waals surface area contributed by atoms with Crippen LogP contribution >= 0.6 is 0 Å². The molecule has 1 rings (SSSR count). The summed E-state index contributed by atoms with van der Waals surface area (Å²) in [6.45, 7) is 0. The van der Waals surface area contributed by atoms with Crippen molar-refractivity contribution in [2.24, 2.45) is 0 Å². The van der Waals surface area contributed by atoms with Gasteiger partial charge < -0.3 is 9.84 Å². The minimum absolute atomic E-state index is 0.396. The standard InChI is InChI=1S/C11H9FO3/c1-15-11(14)7-6-10(13)8-2-4-9(12)5-3-8/h2-5,10,13H,1H3.